The van der Waals surface area contributed by atoms with Gasteiger partial charge in [0.25, 0.3) is 0 Å². The van der Waals surface area contributed by atoms with Crippen LogP contribution < -0.4 is 5.32 Å². The van der Waals surface area contributed by atoms with Gasteiger partial charge in [-0.25, -0.2) is 0 Å². The molecule has 2 heteroatoms. The highest BCUT2D eigenvalue weighted by molar-refractivity contribution is 7.17. The van der Waals surface area contributed by atoms with Crippen LogP contribution in [0.3, 0.4) is 0 Å². The molecule has 0 spiro atoms. The van der Waals surface area contributed by atoms with Crippen LogP contribution in [0.2, 0.25) is 0 Å². The van der Waals surface area contributed by atoms with Crippen LogP contribution in [-0.4, -0.2) is 0 Å². The van der Waals surface area contributed by atoms with Gasteiger partial charge < -0.3 is 5.32 Å². The molecule has 2 aromatic carbocycles. The molecular formula is C17H17NS. The van der Waals surface area contributed by atoms with E-state index >= 15 is 0 Å². The van der Waals surface area contributed by atoms with Crippen LogP contribution in [0.25, 0.3) is 10.1 Å². The first-order valence-electron chi connectivity index (χ1n) is 6.64. The van der Waals surface area contributed by atoms with Crippen molar-refractivity contribution in [3.8, 4) is 0 Å². The van der Waals surface area contributed by atoms with Crippen LogP contribution in [0.15, 0.2) is 53.9 Å². The molecule has 3 rings (SSSR count). The summed E-state index contributed by atoms with van der Waals surface area (Å²) in [5.74, 6) is 0. The summed E-state index contributed by atoms with van der Waals surface area (Å²) in [6.45, 7) is 3.06. The van der Waals surface area contributed by atoms with Gasteiger partial charge in [-0.3, -0.25) is 0 Å². The Hall–Kier alpha value is -1.80. The summed E-state index contributed by atoms with van der Waals surface area (Å²) >= 11 is 1.82. The topological polar surface area (TPSA) is 12.0 Å². The van der Waals surface area contributed by atoms with Crippen molar-refractivity contribution in [2.75, 3.05) is 5.32 Å². The Balaban J connectivity index is 1.74. The molecule has 0 aliphatic heterocycles. The van der Waals surface area contributed by atoms with Crippen molar-refractivity contribution in [3.63, 3.8) is 0 Å². The van der Waals surface area contributed by atoms with Gasteiger partial charge in [-0.2, -0.15) is 0 Å². The highest BCUT2D eigenvalue weighted by Crippen LogP contribution is 2.26. The van der Waals surface area contributed by atoms with Crippen molar-refractivity contribution >= 4 is 27.1 Å². The number of benzene rings is 2. The van der Waals surface area contributed by atoms with Crippen molar-refractivity contribution in [2.24, 2.45) is 0 Å². The van der Waals surface area contributed by atoms with E-state index < -0.39 is 0 Å². The molecule has 3 aromatic rings. The molecule has 0 aliphatic rings. The van der Waals surface area contributed by atoms with Gasteiger partial charge >= 0.3 is 0 Å². The molecule has 0 fully saturated rings. The summed E-state index contributed by atoms with van der Waals surface area (Å²) in [5.41, 5.74) is 3.94. The molecule has 1 aromatic heterocycles. The van der Waals surface area contributed by atoms with Crippen molar-refractivity contribution < 1.29 is 0 Å². The molecule has 0 radical (unpaired) electrons. The Morgan fingerprint density at radius 2 is 1.79 bits per heavy atom. The number of anilines is 1. The fraction of sp³-hybridized carbons (Fsp3) is 0.176. The summed E-state index contributed by atoms with van der Waals surface area (Å²) in [5, 5.41) is 7.11. The predicted octanol–water partition coefficient (Wildman–Crippen LogP) is 5.08. The van der Waals surface area contributed by atoms with E-state index in [1.807, 2.05) is 11.3 Å². The van der Waals surface area contributed by atoms with E-state index in [-0.39, 0.29) is 0 Å². The van der Waals surface area contributed by atoms with Crippen molar-refractivity contribution in [2.45, 2.75) is 19.9 Å². The van der Waals surface area contributed by atoms with Crippen LogP contribution in [-0.2, 0) is 13.0 Å². The lowest BCUT2D eigenvalue weighted by atomic mass is 10.1. The van der Waals surface area contributed by atoms with E-state index in [1.54, 1.807) is 0 Å². The third kappa shape index (κ3) is 2.64. The highest BCUT2D eigenvalue weighted by Gasteiger charge is 2.02. The lowest BCUT2D eigenvalue weighted by Crippen LogP contribution is -1.98. The number of hydrogen-bond acceptors (Lipinski definition) is 2. The Kier molecular flexibility index (Phi) is 3.51. The number of aryl methyl sites for hydroxylation is 1. The Morgan fingerprint density at radius 1 is 1.00 bits per heavy atom. The maximum absolute atomic E-state index is 3.50. The third-order valence-corrected chi connectivity index (χ3v) is 4.42. The molecule has 0 atom stereocenters. The third-order valence-electron chi connectivity index (χ3n) is 3.41. The molecule has 1 N–H and O–H groups in total. The van der Waals surface area contributed by atoms with Crippen LogP contribution >= 0.6 is 11.3 Å². The largest absolute Gasteiger partial charge is 0.381 e. The SMILES string of the molecule is CCc1ccc(NCc2csc3ccccc23)cc1. The van der Waals surface area contributed by atoms with Crippen LogP contribution in [0, 0.1) is 0 Å². The standard InChI is InChI=1S/C17H17NS/c1-2-13-7-9-15(10-8-13)18-11-14-12-19-17-6-4-3-5-16(14)17/h3-10,12,18H,2,11H2,1H3. The Morgan fingerprint density at radius 3 is 2.58 bits per heavy atom. The summed E-state index contributed by atoms with van der Waals surface area (Å²) in [6.07, 6.45) is 1.09. The van der Waals surface area contributed by atoms with Gasteiger partial charge in [0, 0.05) is 16.9 Å². The molecule has 1 nitrogen and oxygen atoms in total. The first-order valence-corrected chi connectivity index (χ1v) is 7.52. The molecule has 0 saturated carbocycles. The molecule has 0 unspecified atom stereocenters. The molecule has 19 heavy (non-hydrogen) atoms. The first-order chi connectivity index (χ1) is 9.36. The molecular weight excluding hydrogens is 250 g/mol. The van der Waals surface area contributed by atoms with E-state index in [2.05, 4.69) is 66.2 Å². The van der Waals surface area contributed by atoms with E-state index in [4.69, 9.17) is 0 Å². The van der Waals surface area contributed by atoms with Gasteiger partial charge in [0.15, 0.2) is 0 Å². The smallest absolute Gasteiger partial charge is 0.0415 e. The number of rotatable bonds is 4. The zero-order valence-corrected chi connectivity index (χ0v) is 11.8. The maximum atomic E-state index is 3.50. The minimum absolute atomic E-state index is 0.884. The predicted molar refractivity (Wildman–Crippen MR) is 85.0 cm³/mol. The van der Waals surface area contributed by atoms with Gasteiger partial charge in [-0.1, -0.05) is 37.3 Å². The summed E-state index contributed by atoms with van der Waals surface area (Å²) in [4.78, 5) is 0. The van der Waals surface area contributed by atoms with Crippen LogP contribution in [0.5, 0.6) is 0 Å². The summed E-state index contributed by atoms with van der Waals surface area (Å²) in [7, 11) is 0. The van der Waals surface area contributed by atoms with Crippen molar-refractivity contribution in [3.05, 3.63) is 65.0 Å². The van der Waals surface area contributed by atoms with Gasteiger partial charge in [0.1, 0.15) is 0 Å². The fourth-order valence-corrected chi connectivity index (χ4v) is 3.19. The lowest BCUT2D eigenvalue weighted by molar-refractivity contribution is 1.13. The van der Waals surface area contributed by atoms with Crippen molar-refractivity contribution in [1.29, 1.82) is 0 Å². The van der Waals surface area contributed by atoms with Crippen molar-refractivity contribution in [1.82, 2.24) is 0 Å². The lowest BCUT2D eigenvalue weighted by Gasteiger charge is -2.06. The molecule has 0 bridgehead atoms. The molecule has 96 valence electrons. The number of fused-ring (bicyclic) bond motifs is 1. The zero-order valence-electron chi connectivity index (χ0n) is 11.0. The van der Waals surface area contributed by atoms with Crippen LogP contribution in [0.1, 0.15) is 18.1 Å². The zero-order chi connectivity index (χ0) is 13.1. The average Bonchev–Trinajstić information content (AvgIpc) is 2.89. The molecule has 0 saturated heterocycles. The van der Waals surface area contributed by atoms with Gasteiger partial charge in [0.2, 0.25) is 0 Å². The second kappa shape index (κ2) is 5.45. The van der Waals surface area contributed by atoms with E-state index in [0.29, 0.717) is 0 Å². The average molecular weight is 267 g/mol. The van der Waals surface area contributed by atoms with E-state index in [1.165, 1.54) is 26.9 Å². The second-order valence-electron chi connectivity index (χ2n) is 4.66. The minimum Gasteiger partial charge on any atom is -0.381 e. The van der Waals surface area contributed by atoms with Gasteiger partial charge in [-0.15, -0.1) is 11.3 Å². The quantitative estimate of drug-likeness (QED) is 0.695. The fourth-order valence-electron chi connectivity index (χ4n) is 2.23. The minimum atomic E-state index is 0.884. The van der Waals surface area contributed by atoms with Gasteiger partial charge in [-0.05, 0) is 46.5 Å². The Labute approximate surface area is 117 Å². The number of nitrogens with one attached hydrogen (secondary N) is 1. The normalized spacial score (nSPS) is 10.8. The number of hydrogen-bond donors (Lipinski definition) is 1. The van der Waals surface area contributed by atoms with Gasteiger partial charge in [0.05, 0.1) is 0 Å². The maximum Gasteiger partial charge on any atom is 0.0415 e. The first kappa shape index (κ1) is 12.2. The van der Waals surface area contributed by atoms with Crippen LogP contribution in [0.4, 0.5) is 5.69 Å². The number of thiophene rings is 1. The molecule has 0 aliphatic carbocycles. The monoisotopic (exact) mass is 267 g/mol. The van der Waals surface area contributed by atoms with E-state index in [9.17, 15) is 0 Å². The Bertz CT molecular complexity index is 667. The highest BCUT2D eigenvalue weighted by atomic mass is 32.1. The molecule has 0 amide bonds. The summed E-state index contributed by atoms with van der Waals surface area (Å²) in [6, 6.07) is 17.3. The van der Waals surface area contributed by atoms with E-state index in [0.717, 1.165) is 13.0 Å². The summed E-state index contributed by atoms with van der Waals surface area (Å²) < 4.78 is 1.36. The second-order valence-corrected chi connectivity index (χ2v) is 5.57. The molecule has 1 heterocycles.